The van der Waals surface area contributed by atoms with Gasteiger partial charge in [-0.15, -0.1) is 4.52 Å². The SMILES string of the molecule is CO[P+](=O)CC(C=O)(OC)c1ccccc1. The molecule has 0 saturated heterocycles. The van der Waals surface area contributed by atoms with Crippen molar-refractivity contribution in [3.05, 3.63) is 35.9 Å². The average molecular weight is 241 g/mol. The number of hydrogen-bond acceptors (Lipinski definition) is 4. The maximum Gasteiger partial charge on any atom is 0.511 e. The fourth-order valence-corrected chi connectivity index (χ4v) is 2.30. The molecule has 0 aromatic heterocycles. The van der Waals surface area contributed by atoms with Crippen molar-refractivity contribution in [2.45, 2.75) is 5.60 Å². The van der Waals surface area contributed by atoms with E-state index in [4.69, 9.17) is 9.26 Å². The Balaban J connectivity index is 3.06. The quantitative estimate of drug-likeness (QED) is 0.565. The Morgan fingerprint density at radius 1 is 1.31 bits per heavy atom. The van der Waals surface area contributed by atoms with Crippen molar-refractivity contribution in [2.24, 2.45) is 0 Å². The van der Waals surface area contributed by atoms with Gasteiger partial charge in [-0.1, -0.05) is 30.3 Å². The van der Waals surface area contributed by atoms with E-state index < -0.39 is 13.6 Å². The molecule has 0 saturated carbocycles. The molecule has 16 heavy (non-hydrogen) atoms. The molecule has 0 aliphatic heterocycles. The number of hydrogen-bond donors (Lipinski definition) is 0. The molecule has 5 heteroatoms. The first kappa shape index (κ1) is 13.0. The Bertz CT molecular complexity index is 366. The molecule has 86 valence electrons. The van der Waals surface area contributed by atoms with Gasteiger partial charge in [0.25, 0.3) is 0 Å². The van der Waals surface area contributed by atoms with Crippen LogP contribution in [0, 0.1) is 0 Å². The van der Waals surface area contributed by atoms with Crippen LogP contribution < -0.4 is 0 Å². The molecular weight excluding hydrogens is 227 g/mol. The normalized spacial score (nSPS) is 15.2. The lowest BCUT2D eigenvalue weighted by Crippen LogP contribution is -2.33. The standard InChI is InChI=1S/C11H14O4P/c1-14-11(8-12,9-16(13)15-2)10-6-4-3-5-7-10/h3-8H,9H2,1-2H3/q+1. The Labute approximate surface area is 95.4 Å². The Morgan fingerprint density at radius 2 is 1.94 bits per heavy atom. The van der Waals surface area contributed by atoms with Crippen molar-refractivity contribution in [2.75, 3.05) is 20.4 Å². The summed E-state index contributed by atoms with van der Waals surface area (Å²) in [6.07, 6.45) is 0.678. The van der Waals surface area contributed by atoms with Gasteiger partial charge in [0.15, 0.2) is 11.9 Å². The van der Waals surface area contributed by atoms with Gasteiger partial charge in [-0.25, -0.2) is 0 Å². The molecule has 1 aromatic rings. The highest BCUT2D eigenvalue weighted by molar-refractivity contribution is 7.39. The van der Waals surface area contributed by atoms with E-state index in [9.17, 15) is 9.36 Å². The summed E-state index contributed by atoms with van der Waals surface area (Å²) in [6.45, 7) is 0. The number of ether oxygens (including phenoxy) is 1. The van der Waals surface area contributed by atoms with E-state index in [-0.39, 0.29) is 6.16 Å². The Hall–Kier alpha value is -1.09. The molecule has 0 N–H and O–H groups in total. The lowest BCUT2D eigenvalue weighted by Gasteiger charge is -2.21. The van der Waals surface area contributed by atoms with Crippen LogP contribution in [0.25, 0.3) is 0 Å². The van der Waals surface area contributed by atoms with Gasteiger partial charge >= 0.3 is 8.03 Å². The van der Waals surface area contributed by atoms with Crippen molar-refractivity contribution in [1.82, 2.24) is 0 Å². The summed E-state index contributed by atoms with van der Waals surface area (Å²) >= 11 is 0. The van der Waals surface area contributed by atoms with Crippen molar-refractivity contribution in [1.29, 1.82) is 0 Å². The number of carbonyl (C=O) groups excluding carboxylic acids is 1. The molecule has 0 aliphatic carbocycles. The van der Waals surface area contributed by atoms with Gasteiger partial charge in [-0.2, -0.15) is 0 Å². The van der Waals surface area contributed by atoms with Crippen molar-refractivity contribution in [3.63, 3.8) is 0 Å². The molecule has 1 aromatic carbocycles. The second-order valence-electron chi connectivity index (χ2n) is 3.25. The zero-order chi connectivity index (χ0) is 12.0. The molecule has 0 aliphatic rings. The maximum atomic E-state index is 11.4. The second kappa shape index (κ2) is 5.85. The molecule has 0 heterocycles. The number of methoxy groups -OCH3 is 1. The highest BCUT2D eigenvalue weighted by atomic mass is 31.1. The Kier molecular flexibility index (Phi) is 4.74. The first-order chi connectivity index (χ1) is 7.68. The van der Waals surface area contributed by atoms with Crippen LogP contribution in [0.15, 0.2) is 30.3 Å². The number of benzene rings is 1. The van der Waals surface area contributed by atoms with E-state index in [2.05, 4.69) is 0 Å². The van der Waals surface area contributed by atoms with E-state index in [0.717, 1.165) is 0 Å². The predicted octanol–water partition coefficient (Wildman–Crippen LogP) is 2.12. The van der Waals surface area contributed by atoms with Crippen molar-refractivity contribution in [3.8, 4) is 0 Å². The minimum Gasteiger partial charge on any atom is -0.362 e. The third kappa shape index (κ3) is 2.73. The van der Waals surface area contributed by atoms with Crippen LogP contribution in [-0.4, -0.2) is 26.7 Å². The average Bonchev–Trinajstić information content (AvgIpc) is 2.37. The van der Waals surface area contributed by atoms with Gasteiger partial charge in [-0.05, 0) is 10.1 Å². The van der Waals surface area contributed by atoms with E-state index in [0.29, 0.717) is 11.8 Å². The largest absolute Gasteiger partial charge is 0.511 e. The van der Waals surface area contributed by atoms with Gasteiger partial charge in [0.1, 0.15) is 0 Å². The molecule has 0 amide bonds. The van der Waals surface area contributed by atoms with E-state index in [1.165, 1.54) is 14.2 Å². The molecule has 0 radical (unpaired) electrons. The lowest BCUT2D eigenvalue weighted by atomic mass is 9.97. The van der Waals surface area contributed by atoms with Crippen LogP contribution in [0.4, 0.5) is 0 Å². The zero-order valence-electron chi connectivity index (χ0n) is 9.25. The van der Waals surface area contributed by atoms with Gasteiger partial charge < -0.3 is 4.74 Å². The Morgan fingerprint density at radius 3 is 2.38 bits per heavy atom. The molecule has 0 fully saturated rings. The summed E-state index contributed by atoms with van der Waals surface area (Å²) in [5.74, 6) is 0. The fourth-order valence-electron chi connectivity index (χ4n) is 1.40. The van der Waals surface area contributed by atoms with Crippen LogP contribution in [0.1, 0.15) is 5.56 Å². The minimum absolute atomic E-state index is 0.0167. The highest BCUT2D eigenvalue weighted by Crippen LogP contribution is 2.34. The minimum atomic E-state index is -1.91. The van der Waals surface area contributed by atoms with Crippen molar-refractivity contribution >= 4 is 14.3 Å². The summed E-state index contributed by atoms with van der Waals surface area (Å²) in [4.78, 5) is 11.2. The number of carbonyl (C=O) groups is 1. The third-order valence-electron chi connectivity index (χ3n) is 2.38. The van der Waals surface area contributed by atoms with E-state index in [1.54, 1.807) is 24.3 Å². The van der Waals surface area contributed by atoms with Crippen LogP contribution >= 0.6 is 8.03 Å². The van der Waals surface area contributed by atoms with E-state index in [1.807, 2.05) is 6.07 Å². The topological polar surface area (TPSA) is 52.6 Å². The first-order valence-corrected chi connectivity index (χ1v) is 6.10. The predicted molar refractivity (Wildman–Crippen MR) is 60.7 cm³/mol. The summed E-state index contributed by atoms with van der Waals surface area (Å²) < 4.78 is 21.3. The number of aldehydes is 1. The lowest BCUT2D eigenvalue weighted by molar-refractivity contribution is -0.126. The number of rotatable bonds is 6. The van der Waals surface area contributed by atoms with Gasteiger partial charge in [0.05, 0.1) is 7.11 Å². The van der Waals surface area contributed by atoms with Crippen LogP contribution in [0.2, 0.25) is 0 Å². The van der Waals surface area contributed by atoms with Crippen molar-refractivity contribution < 1.29 is 18.6 Å². The zero-order valence-corrected chi connectivity index (χ0v) is 10.1. The summed E-state index contributed by atoms with van der Waals surface area (Å²) in [7, 11) is 0.851. The second-order valence-corrected chi connectivity index (χ2v) is 4.60. The molecule has 1 rings (SSSR count). The summed E-state index contributed by atoms with van der Waals surface area (Å²) in [6, 6.07) is 8.96. The van der Waals surface area contributed by atoms with Crippen LogP contribution in [0.3, 0.4) is 0 Å². The summed E-state index contributed by atoms with van der Waals surface area (Å²) in [5.41, 5.74) is -0.516. The molecule has 2 unspecified atom stereocenters. The molecule has 0 bridgehead atoms. The summed E-state index contributed by atoms with van der Waals surface area (Å²) in [5, 5.41) is 0. The maximum absolute atomic E-state index is 11.4. The van der Waals surface area contributed by atoms with Gasteiger partial charge in [-0.3, -0.25) is 4.79 Å². The molecule has 2 atom stereocenters. The van der Waals surface area contributed by atoms with Gasteiger partial charge in [0.2, 0.25) is 6.16 Å². The van der Waals surface area contributed by atoms with Crippen LogP contribution in [0.5, 0.6) is 0 Å². The molecular formula is C11H14O4P+. The van der Waals surface area contributed by atoms with Crippen LogP contribution in [-0.2, 0) is 24.2 Å². The monoisotopic (exact) mass is 241 g/mol. The smallest absolute Gasteiger partial charge is 0.362 e. The first-order valence-electron chi connectivity index (χ1n) is 4.74. The fraction of sp³-hybridized carbons (Fsp3) is 0.364. The molecule has 0 spiro atoms. The third-order valence-corrected chi connectivity index (χ3v) is 3.52. The van der Waals surface area contributed by atoms with E-state index >= 15 is 0 Å². The van der Waals surface area contributed by atoms with Gasteiger partial charge in [0, 0.05) is 7.11 Å². The highest BCUT2D eigenvalue weighted by Gasteiger charge is 2.41. The molecule has 4 nitrogen and oxygen atoms in total.